The molecule has 1 N–H and O–H groups in total. The third kappa shape index (κ3) is 4.49. The Bertz CT molecular complexity index is 382. The van der Waals surface area contributed by atoms with Crippen LogP contribution < -0.4 is 5.32 Å². The molecule has 0 spiro atoms. The first-order chi connectivity index (χ1) is 7.85. The van der Waals surface area contributed by atoms with Crippen LogP contribution in [-0.2, 0) is 0 Å². The van der Waals surface area contributed by atoms with Gasteiger partial charge in [-0.1, -0.05) is 17.7 Å². The third-order valence-corrected chi connectivity index (χ3v) is 4.37. The zero-order chi connectivity index (χ0) is 13.1. The lowest BCUT2D eigenvalue weighted by Gasteiger charge is -2.25. The Morgan fingerprint density at radius 1 is 1.47 bits per heavy atom. The summed E-state index contributed by atoms with van der Waals surface area (Å²) in [6, 6.07) is 5.03. The second-order valence-corrected chi connectivity index (χ2v) is 6.66. The summed E-state index contributed by atoms with van der Waals surface area (Å²) in [6.45, 7) is 7.33. The van der Waals surface area contributed by atoms with Crippen LogP contribution in [0.4, 0.5) is 4.39 Å². The van der Waals surface area contributed by atoms with Gasteiger partial charge in [0.2, 0.25) is 0 Å². The van der Waals surface area contributed by atoms with Crippen LogP contribution in [0.15, 0.2) is 18.2 Å². The predicted molar refractivity (Wildman–Crippen MR) is 75.4 cm³/mol. The number of hydrogen-bond donors (Lipinski definition) is 1. The maximum Gasteiger partial charge on any atom is 0.141 e. The van der Waals surface area contributed by atoms with E-state index in [9.17, 15) is 4.39 Å². The minimum absolute atomic E-state index is 0.166. The first kappa shape index (κ1) is 14.8. The predicted octanol–water partition coefficient (Wildman–Crippen LogP) is 4.27. The topological polar surface area (TPSA) is 12.0 Å². The Morgan fingerprint density at radius 2 is 2.12 bits per heavy atom. The molecule has 0 aliphatic heterocycles. The van der Waals surface area contributed by atoms with Crippen molar-refractivity contribution in [2.45, 2.75) is 31.6 Å². The van der Waals surface area contributed by atoms with E-state index in [4.69, 9.17) is 11.6 Å². The Balaban J connectivity index is 2.64. The molecular formula is C13H19ClFNS. The van der Waals surface area contributed by atoms with Crippen molar-refractivity contribution in [1.29, 1.82) is 0 Å². The number of rotatable bonds is 5. The van der Waals surface area contributed by atoms with E-state index < -0.39 is 0 Å². The van der Waals surface area contributed by atoms with E-state index in [1.54, 1.807) is 12.1 Å². The Hall–Kier alpha value is -0.250. The van der Waals surface area contributed by atoms with E-state index in [1.165, 1.54) is 6.07 Å². The zero-order valence-corrected chi connectivity index (χ0v) is 12.3. The summed E-state index contributed by atoms with van der Waals surface area (Å²) >= 11 is 7.59. The Morgan fingerprint density at radius 3 is 2.65 bits per heavy atom. The van der Waals surface area contributed by atoms with E-state index in [2.05, 4.69) is 32.3 Å². The fourth-order valence-electron chi connectivity index (χ4n) is 1.37. The van der Waals surface area contributed by atoms with Gasteiger partial charge in [-0.15, -0.1) is 0 Å². The van der Waals surface area contributed by atoms with E-state index in [1.807, 2.05) is 11.8 Å². The van der Waals surface area contributed by atoms with Crippen LogP contribution in [0.3, 0.4) is 0 Å². The lowest BCUT2D eigenvalue weighted by Crippen LogP contribution is -2.33. The van der Waals surface area contributed by atoms with E-state index in [0.29, 0.717) is 0 Å². The highest BCUT2D eigenvalue weighted by atomic mass is 35.5. The van der Waals surface area contributed by atoms with Crippen LogP contribution >= 0.6 is 23.4 Å². The summed E-state index contributed by atoms with van der Waals surface area (Å²) in [7, 11) is 0. The maximum absolute atomic E-state index is 13.0. The largest absolute Gasteiger partial charge is 0.309 e. The van der Waals surface area contributed by atoms with E-state index in [-0.39, 0.29) is 21.6 Å². The molecule has 0 fully saturated rings. The van der Waals surface area contributed by atoms with Crippen LogP contribution in [-0.4, -0.2) is 17.5 Å². The Labute approximate surface area is 112 Å². The second kappa shape index (κ2) is 6.07. The van der Waals surface area contributed by atoms with Gasteiger partial charge in [0.05, 0.1) is 5.02 Å². The molecule has 1 rings (SSSR count). The van der Waals surface area contributed by atoms with Gasteiger partial charge in [0.1, 0.15) is 5.82 Å². The van der Waals surface area contributed by atoms with Crippen LogP contribution in [0.5, 0.6) is 0 Å². The van der Waals surface area contributed by atoms with E-state index >= 15 is 0 Å². The average Bonchev–Trinajstić information content (AvgIpc) is 2.30. The lowest BCUT2D eigenvalue weighted by molar-refractivity contribution is 0.521. The fraction of sp³-hybridized carbons (Fsp3) is 0.538. The summed E-state index contributed by atoms with van der Waals surface area (Å²) < 4.78 is 13.2. The van der Waals surface area contributed by atoms with Crippen molar-refractivity contribution in [3.63, 3.8) is 0 Å². The molecule has 17 heavy (non-hydrogen) atoms. The molecule has 1 atom stereocenters. The number of hydrogen-bond acceptors (Lipinski definition) is 2. The van der Waals surface area contributed by atoms with Crippen molar-refractivity contribution in [2.24, 2.45) is 0 Å². The van der Waals surface area contributed by atoms with Gasteiger partial charge in [0.25, 0.3) is 0 Å². The van der Waals surface area contributed by atoms with Crippen molar-refractivity contribution >= 4 is 23.4 Å². The summed E-state index contributed by atoms with van der Waals surface area (Å²) in [5.41, 5.74) is 1.01. The molecule has 0 bridgehead atoms. The third-order valence-electron chi connectivity index (χ3n) is 2.83. The van der Waals surface area contributed by atoms with Gasteiger partial charge in [0, 0.05) is 17.3 Å². The fourth-order valence-corrected chi connectivity index (χ4v) is 1.79. The van der Waals surface area contributed by atoms with Gasteiger partial charge in [-0.2, -0.15) is 11.8 Å². The molecule has 1 unspecified atom stereocenters. The molecule has 1 aromatic carbocycles. The monoisotopic (exact) mass is 275 g/mol. The summed E-state index contributed by atoms with van der Waals surface area (Å²) in [6.07, 6.45) is 2.10. The first-order valence-corrected chi connectivity index (χ1v) is 7.19. The second-order valence-electron chi connectivity index (χ2n) is 4.74. The summed E-state index contributed by atoms with van der Waals surface area (Å²) in [4.78, 5) is 0. The normalized spacial score (nSPS) is 13.8. The van der Waals surface area contributed by atoms with Crippen molar-refractivity contribution in [1.82, 2.24) is 5.32 Å². The van der Waals surface area contributed by atoms with Gasteiger partial charge in [-0.05, 0) is 44.7 Å². The highest BCUT2D eigenvalue weighted by Crippen LogP contribution is 2.23. The molecule has 0 aliphatic rings. The number of halogens is 2. The zero-order valence-electron chi connectivity index (χ0n) is 10.7. The van der Waals surface area contributed by atoms with Crippen LogP contribution in [0, 0.1) is 5.82 Å². The molecule has 0 saturated heterocycles. The maximum atomic E-state index is 13.0. The van der Waals surface area contributed by atoms with Crippen LogP contribution in [0.1, 0.15) is 32.4 Å². The highest BCUT2D eigenvalue weighted by Gasteiger charge is 2.17. The molecule has 0 saturated carbocycles. The minimum atomic E-state index is -0.368. The van der Waals surface area contributed by atoms with E-state index in [0.717, 1.165) is 12.1 Å². The smallest absolute Gasteiger partial charge is 0.141 e. The Kier molecular flexibility index (Phi) is 5.29. The standard InChI is InChI=1S/C13H19ClFNS/c1-9(16-8-13(2,3)17-4)10-5-6-12(15)11(14)7-10/h5-7,9,16H,8H2,1-4H3. The van der Waals surface area contributed by atoms with Gasteiger partial charge >= 0.3 is 0 Å². The average molecular weight is 276 g/mol. The van der Waals surface area contributed by atoms with Gasteiger partial charge in [-0.3, -0.25) is 0 Å². The molecule has 0 aliphatic carbocycles. The van der Waals surface area contributed by atoms with Crippen LogP contribution in [0.25, 0.3) is 0 Å². The van der Waals surface area contributed by atoms with Crippen molar-refractivity contribution < 1.29 is 4.39 Å². The SMILES string of the molecule is CSC(C)(C)CNC(C)c1ccc(F)c(Cl)c1. The highest BCUT2D eigenvalue weighted by molar-refractivity contribution is 7.99. The molecule has 1 aromatic rings. The van der Waals surface area contributed by atoms with Gasteiger partial charge in [-0.25, -0.2) is 4.39 Å². The molecule has 0 aromatic heterocycles. The molecule has 0 heterocycles. The molecule has 1 nitrogen and oxygen atoms in total. The number of benzene rings is 1. The number of thioether (sulfide) groups is 1. The quantitative estimate of drug-likeness (QED) is 0.861. The molecular weight excluding hydrogens is 257 g/mol. The first-order valence-electron chi connectivity index (χ1n) is 5.59. The van der Waals surface area contributed by atoms with Gasteiger partial charge < -0.3 is 5.32 Å². The lowest BCUT2D eigenvalue weighted by atomic mass is 10.1. The molecule has 4 heteroatoms. The molecule has 0 amide bonds. The van der Waals surface area contributed by atoms with Crippen LogP contribution in [0.2, 0.25) is 5.02 Å². The summed E-state index contributed by atoms with van der Waals surface area (Å²) in [5, 5.41) is 3.62. The van der Waals surface area contributed by atoms with Crippen molar-refractivity contribution in [2.75, 3.05) is 12.8 Å². The van der Waals surface area contributed by atoms with Crippen molar-refractivity contribution in [3.8, 4) is 0 Å². The van der Waals surface area contributed by atoms with Gasteiger partial charge in [0.15, 0.2) is 0 Å². The minimum Gasteiger partial charge on any atom is -0.309 e. The number of nitrogens with one attached hydrogen (secondary N) is 1. The molecule has 0 radical (unpaired) electrons. The summed E-state index contributed by atoms with van der Waals surface area (Å²) in [5.74, 6) is -0.368. The van der Waals surface area contributed by atoms with Crippen molar-refractivity contribution in [3.05, 3.63) is 34.6 Å². The molecule has 96 valence electrons.